The standard InChI is InChI=1S/C13H28O/c1-7-13(5,6)10-8-9-11(14)12(2,3)4/h11,14H,7-10H2,1-6H3. The summed E-state index contributed by atoms with van der Waals surface area (Å²) >= 11 is 0. The van der Waals surface area contributed by atoms with Crippen LogP contribution in [0.15, 0.2) is 0 Å². The third kappa shape index (κ3) is 5.64. The summed E-state index contributed by atoms with van der Waals surface area (Å²) in [5.74, 6) is 0. The molecular weight excluding hydrogens is 172 g/mol. The van der Waals surface area contributed by atoms with Crippen molar-refractivity contribution in [2.75, 3.05) is 0 Å². The van der Waals surface area contributed by atoms with Crippen molar-refractivity contribution < 1.29 is 5.11 Å². The van der Waals surface area contributed by atoms with Gasteiger partial charge in [-0.2, -0.15) is 0 Å². The van der Waals surface area contributed by atoms with Crippen molar-refractivity contribution in [1.29, 1.82) is 0 Å². The molecule has 1 heteroatoms. The van der Waals surface area contributed by atoms with E-state index >= 15 is 0 Å². The van der Waals surface area contributed by atoms with Crippen LogP contribution >= 0.6 is 0 Å². The van der Waals surface area contributed by atoms with Gasteiger partial charge in [-0.25, -0.2) is 0 Å². The number of hydrogen-bond donors (Lipinski definition) is 1. The fourth-order valence-corrected chi connectivity index (χ4v) is 1.38. The predicted octanol–water partition coefficient (Wildman–Crippen LogP) is 4.00. The van der Waals surface area contributed by atoms with Crippen molar-refractivity contribution in [2.24, 2.45) is 10.8 Å². The lowest BCUT2D eigenvalue weighted by atomic mass is 9.81. The van der Waals surface area contributed by atoms with Gasteiger partial charge in [-0.15, -0.1) is 0 Å². The second kappa shape index (κ2) is 5.16. The van der Waals surface area contributed by atoms with Crippen LogP contribution in [0, 0.1) is 10.8 Å². The molecule has 0 bridgehead atoms. The molecule has 0 spiro atoms. The summed E-state index contributed by atoms with van der Waals surface area (Å²) < 4.78 is 0. The Labute approximate surface area is 89.9 Å². The summed E-state index contributed by atoms with van der Waals surface area (Å²) in [6.07, 6.45) is 4.36. The minimum Gasteiger partial charge on any atom is -0.393 e. The maximum atomic E-state index is 9.86. The summed E-state index contributed by atoms with van der Waals surface area (Å²) in [4.78, 5) is 0. The van der Waals surface area contributed by atoms with Gasteiger partial charge < -0.3 is 5.11 Å². The molecule has 1 N–H and O–H groups in total. The molecule has 14 heavy (non-hydrogen) atoms. The van der Waals surface area contributed by atoms with E-state index in [1.165, 1.54) is 12.8 Å². The number of rotatable bonds is 5. The lowest BCUT2D eigenvalue weighted by Gasteiger charge is -2.28. The van der Waals surface area contributed by atoms with E-state index in [9.17, 15) is 5.11 Å². The maximum absolute atomic E-state index is 9.86. The van der Waals surface area contributed by atoms with Crippen LogP contribution in [-0.4, -0.2) is 11.2 Å². The van der Waals surface area contributed by atoms with Crippen molar-refractivity contribution in [3.8, 4) is 0 Å². The van der Waals surface area contributed by atoms with Gasteiger partial charge in [0.05, 0.1) is 6.10 Å². The van der Waals surface area contributed by atoms with Crippen LogP contribution in [0.3, 0.4) is 0 Å². The minimum absolute atomic E-state index is 0.0381. The zero-order valence-corrected chi connectivity index (χ0v) is 10.9. The second-order valence-electron chi connectivity index (χ2n) is 6.29. The molecule has 0 saturated carbocycles. The molecule has 0 aromatic carbocycles. The Hall–Kier alpha value is -0.0400. The van der Waals surface area contributed by atoms with Crippen molar-refractivity contribution in [3.63, 3.8) is 0 Å². The Balaban J connectivity index is 3.75. The minimum atomic E-state index is -0.157. The first-order valence-corrected chi connectivity index (χ1v) is 5.87. The Morgan fingerprint density at radius 2 is 1.57 bits per heavy atom. The molecule has 0 aliphatic heterocycles. The summed E-state index contributed by atoms with van der Waals surface area (Å²) in [6, 6.07) is 0. The van der Waals surface area contributed by atoms with E-state index < -0.39 is 0 Å². The Morgan fingerprint density at radius 1 is 1.07 bits per heavy atom. The van der Waals surface area contributed by atoms with Crippen molar-refractivity contribution in [2.45, 2.75) is 73.3 Å². The largest absolute Gasteiger partial charge is 0.393 e. The SMILES string of the molecule is CCC(C)(C)CCCC(O)C(C)(C)C. The third-order valence-corrected chi connectivity index (χ3v) is 3.29. The predicted molar refractivity (Wildman–Crippen MR) is 63.4 cm³/mol. The fraction of sp³-hybridized carbons (Fsp3) is 1.00. The van der Waals surface area contributed by atoms with E-state index in [1.807, 2.05) is 0 Å². The molecule has 0 rings (SSSR count). The lowest BCUT2D eigenvalue weighted by molar-refractivity contribution is 0.0508. The molecule has 0 radical (unpaired) electrons. The zero-order chi connectivity index (χ0) is 11.4. The van der Waals surface area contributed by atoms with Gasteiger partial charge in [-0.05, 0) is 23.7 Å². The highest BCUT2D eigenvalue weighted by molar-refractivity contribution is 4.74. The first kappa shape index (κ1) is 14.0. The molecule has 0 saturated heterocycles. The van der Waals surface area contributed by atoms with Gasteiger partial charge in [0.1, 0.15) is 0 Å². The molecule has 0 heterocycles. The fourth-order valence-electron chi connectivity index (χ4n) is 1.38. The van der Waals surface area contributed by atoms with Gasteiger partial charge in [0.15, 0.2) is 0 Å². The Bertz CT molecular complexity index is 153. The molecule has 1 atom stereocenters. The molecule has 0 aliphatic carbocycles. The summed E-state index contributed by atoms with van der Waals surface area (Å²) in [5.41, 5.74) is 0.480. The van der Waals surface area contributed by atoms with Crippen molar-refractivity contribution in [1.82, 2.24) is 0 Å². The van der Waals surface area contributed by atoms with Crippen LogP contribution < -0.4 is 0 Å². The molecule has 0 fully saturated rings. The smallest absolute Gasteiger partial charge is 0.0588 e. The molecule has 0 aliphatic rings. The van der Waals surface area contributed by atoms with E-state index in [4.69, 9.17) is 0 Å². The first-order chi connectivity index (χ1) is 6.19. The van der Waals surface area contributed by atoms with E-state index in [2.05, 4.69) is 41.5 Å². The van der Waals surface area contributed by atoms with Crippen LogP contribution in [0.2, 0.25) is 0 Å². The Morgan fingerprint density at radius 3 is 1.93 bits per heavy atom. The summed E-state index contributed by atoms with van der Waals surface area (Å²) in [7, 11) is 0. The van der Waals surface area contributed by atoms with Crippen LogP contribution in [0.5, 0.6) is 0 Å². The molecule has 0 amide bonds. The molecule has 0 aromatic heterocycles. The first-order valence-electron chi connectivity index (χ1n) is 5.87. The van der Waals surface area contributed by atoms with E-state index in [0.29, 0.717) is 5.41 Å². The molecule has 0 aromatic rings. The van der Waals surface area contributed by atoms with Gasteiger partial charge >= 0.3 is 0 Å². The van der Waals surface area contributed by atoms with E-state index in [0.717, 1.165) is 12.8 Å². The number of aliphatic hydroxyl groups excluding tert-OH is 1. The molecule has 1 nitrogen and oxygen atoms in total. The topological polar surface area (TPSA) is 20.2 Å². The highest BCUT2D eigenvalue weighted by Crippen LogP contribution is 2.29. The third-order valence-electron chi connectivity index (χ3n) is 3.29. The average molecular weight is 200 g/mol. The summed E-state index contributed by atoms with van der Waals surface area (Å²) in [6.45, 7) is 13.1. The normalized spacial score (nSPS) is 15.6. The Kier molecular flexibility index (Phi) is 5.14. The molecular formula is C13H28O. The van der Waals surface area contributed by atoms with E-state index in [-0.39, 0.29) is 11.5 Å². The van der Waals surface area contributed by atoms with Crippen LogP contribution in [-0.2, 0) is 0 Å². The van der Waals surface area contributed by atoms with Crippen LogP contribution in [0.4, 0.5) is 0 Å². The maximum Gasteiger partial charge on any atom is 0.0588 e. The molecule has 86 valence electrons. The second-order valence-corrected chi connectivity index (χ2v) is 6.29. The van der Waals surface area contributed by atoms with Crippen molar-refractivity contribution >= 4 is 0 Å². The number of hydrogen-bond acceptors (Lipinski definition) is 1. The van der Waals surface area contributed by atoms with Gasteiger partial charge in [0.2, 0.25) is 0 Å². The lowest BCUT2D eigenvalue weighted by Crippen LogP contribution is -2.26. The average Bonchev–Trinajstić information content (AvgIpc) is 2.02. The summed E-state index contributed by atoms with van der Waals surface area (Å²) in [5, 5.41) is 9.86. The highest BCUT2D eigenvalue weighted by Gasteiger charge is 2.22. The van der Waals surface area contributed by atoms with Gasteiger partial charge in [-0.3, -0.25) is 0 Å². The van der Waals surface area contributed by atoms with Gasteiger partial charge in [0, 0.05) is 0 Å². The zero-order valence-electron chi connectivity index (χ0n) is 10.9. The number of aliphatic hydroxyl groups is 1. The van der Waals surface area contributed by atoms with Crippen LogP contribution in [0.25, 0.3) is 0 Å². The van der Waals surface area contributed by atoms with Crippen LogP contribution in [0.1, 0.15) is 67.2 Å². The van der Waals surface area contributed by atoms with Crippen molar-refractivity contribution in [3.05, 3.63) is 0 Å². The monoisotopic (exact) mass is 200 g/mol. The van der Waals surface area contributed by atoms with Gasteiger partial charge in [-0.1, -0.05) is 54.4 Å². The quantitative estimate of drug-likeness (QED) is 0.711. The highest BCUT2D eigenvalue weighted by atomic mass is 16.3. The van der Waals surface area contributed by atoms with E-state index in [1.54, 1.807) is 0 Å². The molecule has 1 unspecified atom stereocenters. The van der Waals surface area contributed by atoms with Gasteiger partial charge in [0.25, 0.3) is 0 Å².